The third kappa shape index (κ3) is 5.52. The average molecular weight is 491 g/mol. The first-order valence-electron chi connectivity index (χ1n) is 12.5. The van der Waals surface area contributed by atoms with Gasteiger partial charge in [0.15, 0.2) is 0 Å². The van der Waals surface area contributed by atoms with Gasteiger partial charge >= 0.3 is 6.09 Å². The molecular formula is C26H39ClN4O3. The Labute approximate surface area is 208 Å². The van der Waals surface area contributed by atoms with Crippen molar-refractivity contribution in [3.05, 3.63) is 34.9 Å². The Morgan fingerprint density at radius 3 is 2.74 bits per heavy atom. The van der Waals surface area contributed by atoms with Crippen molar-refractivity contribution in [3.63, 3.8) is 0 Å². The summed E-state index contributed by atoms with van der Waals surface area (Å²) in [5.74, 6) is 1.96. The van der Waals surface area contributed by atoms with E-state index in [0.29, 0.717) is 37.6 Å². The van der Waals surface area contributed by atoms with Gasteiger partial charge < -0.3 is 18.8 Å². The molecular weight excluding hydrogens is 452 g/mol. The number of morpholine rings is 1. The molecule has 2 atom stereocenters. The molecule has 188 valence electrons. The van der Waals surface area contributed by atoms with Gasteiger partial charge in [-0.3, -0.25) is 4.90 Å². The molecule has 2 aliphatic heterocycles. The highest BCUT2D eigenvalue weighted by molar-refractivity contribution is 6.33. The molecule has 34 heavy (non-hydrogen) atoms. The molecule has 8 heteroatoms. The first kappa shape index (κ1) is 25.3. The van der Waals surface area contributed by atoms with Crippen LogP contribution >= 0.6 is 11.6 Å². The fraction of sp³-hybridized carbons (Fsp3) is 0.692. The van der Waals surface area contributed by atoms with Gasteiger partial charge in [0.1, 0.15) is 11.4 Å². The molecule has 4 rings (SSSR count). The highest BCUT2D eigenvalue weighted by atomic mass is 35.5. The Kier molecular flexibility index (Phi) is 7.46. The summed E-state index contributed by atoms with van der Waals surface area (Å²) in [5.41, 5.74) is 1.74. The number of likely N-dealkylation sites (tertiary alicyclic amines) is 1. The summed E-state index contributed by atoms with van der Waals surface area (Å²) in [6, 6.07) is 2.63. The highest BCUT2D eigenvalue weighted by Gasteiger charge is 2.37. The zero-order valence-electron chi connectivity index (χ0n) is 21.4. The van der Waals surface area contributed by atoms with E-state index < -0.39 is 5.60 Å². The minimum Gasteiger partial charge on any atom is -0.444 e. The molecule has 7 nitrogen and oxygen atoms in total. The van der Waals surface area contributed by atoms with Crippen molar-refractivity contribution in [2.45, 2.75) is 78.0 Å². The third-order valence-electron chi connectivity index (χ3n) is 7.07. The van der Waals surface area contributed by atoms with Crippen LogP contribution < -0.4 is 0 Å². The van der Waals surface area contributed by atoms with Gasteiger partial charge in [0.25, 0.3) is 0 Å². The van der Waals surface area contributed by atoms with Gasteiger partial charge in [0.05, 0.1) is 36.0 Å². The van der Waals surface area contributed by atoms with Crippen LogP contribution in [0.15, 0.2) is 18.5 Å². The Balaban J connectivity index is 1.37. The number of rotatable bonds is 6. The molecule has 0 aromatic carbocycles. The number of carbonyl (C=O) groups is 1. The van der Waals surface area contributed by atoms with E-state index >= 15 is 0 Å². The molecule has 0 aliphatic carbocycles. The molecule has 0 bridgehead atoms. The van der Waals surface area contributed by atoms with Crippen LogP contribution in [0.2, 0.25) is 5.02 Å². The van der Waals surface area contributed by atoms with E-state index in [-0.39, 0.29) is 12.1 Å². The topological polar surface area (TPSA) is 59.3 Å². The molecule has 2 aliphatic rings. The number of imidazole rings is 1. The monoisotopic (exact) mass is 490 g/mol. The second-order valence-electron chi connectivity index (χ2n) is 11.1. The smallest absolute Gasteiger partial charge is 0.410 e. The number of ether oxygens (including phenoxy) is 2. The Morgan fingerprint density at radius 2 is 2.06 bits per heavy atom. The number of aryl methyl sites for hydroxylation is 1. The van der Waals surface area contributed by atoms with E-state index in [1.54, 1.807) is 0 Å². The summed E-state index contributed by atoms with van der Waals surface area (Å²) in [6.07, 6.45) is 5.73. The number of halogens is 1. The average Bonchev–Trinajstić information content (AvgIpc) is 3.09. The van der Waals surface area contributed by atoms with Crippen molar-refractivity contribution in [2.75, 3.05) is 32.8 Å². The van der Waals surface area contributed by atoms with Crippen LogP contribution in [-0.2, 0) is 9.47 Å². The third-order valence-corrected chi connectivity index (χ3v) is 7.37. The van der Waals surface area contributed by atoms with Crippen LogP contribution in [0.5, 0.6) is 0 Å². The number of amides is 1. The van der Waals surface area contributed by atoms with Gasteiger partial charge in [-0.2, -0.15) is 0 Å². The lowest BCUT2D eigenvalue weighted by molar-refractivity contribution is -0.0377. The number of pyridine rings is 1. The molecule has 0 radical (unpaired) electrons. The van der Waals surface area contributed by atoms with Gasteiger partial charge in [-0.05, 0) is 58.1 Å². The van der Waals surface area contributed by atoms with E-state index in [4.69, 9.17) is 21.1 Å². The number of aromatic nitrogens is 2. The van der Waals surface area contributed by atoms with Crippen molar-refractivity contribution in [1.29, 1.82) is 0 Å². The number of carbonyl (C=O) groups excluding carboxylic acids is 1. The predicted molar refractivity (Wildman–Crippen MR) is 135 cm³/mol. The maximum absolute atomic E-state index is 12.7. The van der Waals surface area contributed by atoms with Crippen LogP contribution in [-0.4, -0.2) is 75.8 Å². The largest absolute Gasteiger partial charge is 0.444 e. The molecule has 0 unspecified atom stereocenters. The summed E-state index contributed by atoms with van der Waals surface area (Å²) in [4.78, 5) is 21.6. The zero-order chi connectivity index (χ0) is 24.6. The van der Waals surface area contributed by atoms with Gasteiger partial charge in [-0.25, -0.2) is 9.78 Å². The van der Waals surface area contributed by atoms with Crippen molar-refractivity contribution >= 4 is 23.2 Å². The second kappa shape index (κ2) is 10.0. The van der Waals surface area contributed by atoms with E-state index in [1.807, 2.05) is 38.8 Å². The molecule has 1 amide bonds. The van der Waals surface area contributed by atoms with Gasteiger partial charge in [0.2, 0.25) is 0 Å². The molecule has 2 saturated heterocycles. The Bertz CT molecular complexity index is 1010. The SMILES string of the molecule is Cc1ncc2c(Cl)cc(C3CN([C@@H](CC[C@@H]4COCCN4C(=O)OC(C)(C)C)C(C)C)C3)cn12. The maximum Gasteiger partial charge on any atom is 0.410 e. The number of fused-ring (bicyclic) bond motifs is 1. The van der Waals surface area contributed by atoms with Gasteiger partial charge in [0, 0.05) is 37.8 Å². The lowest BCUT2D eigenvalue weighted by atomic mass is 9.86. The van der Waals surface area contributed by atoms with Crippen LogP contribution in [0.4, 0.5) is 4.79 Å². The minimum atomic E-state index is -0.492. The van der Waals surface area contributed by atoms with Crippen molar-refractivity contribution in [2.24, 2.45) is 5.92 Å². The van der Waals surface area contributed by atoms with Gasteiger partial charge in [-0.15, -0.1) is 0 Å². The maximum atomic E-state index is 12.7. The lowest BCUT2D eigenvalue weighted by Crippen LogP contribution is -2.54. The van der Waals surface area contributed by atoms with E-state index in [1.165, 1.54) is 5.56 Å². The number of hydrogen-bond donors (Lipinski definition) is 0. The van der Waals surface area contributed by atoms with Crippen LogP contribution in [0.1, 0.15) is 64.8 Å². The predicted octanol–water partition coefficient (Wildman–Crippen LogP) is 5.14. The number of hydrogen-bond acceptors (Lipinski definition) is 5. The fourth-order valence-electron chi connectivity index (χ4n) is 5.17. The highest BCUT2D eigenvalue weighted by Crippen LogP contribution is 2.35. The second-order valence-corrected chi connectivity index (χ2v) is 11.5. The molecule has 2 fully saturated rings. The molecule has 4 heterocycles. The molecule has 2 aromatic heterocycles. The summed E-state index contributed by atoms with van der Waals surface area (Å²) in [6.45, 7) is 16.1. The minimum absolute atomic E-state index is 0.0624. The van der Waals surface area contributed by atoms with Crippen LogP contribution in [0.25, 0.3) is 5.52 Å². The van der Waals surface area contributed by atoms with Crippen molar-refractivity contribution in [3.8, 4) is 0 Å². The first-order valence-corrected chi connectivity index (χ1v) is 12.9. The van der Waals surface area contributed by atoms with Crippen LogP contribution in [0, 0.1) is 12.8 Å². The zero-order valence-corrected chi connectivity index (χ0v) is 22.1. The van der Waals surface area contributed by atoms with E-state index in [2.05, 4.69) is 40.4 Å². The molecule has 0 saturated carbocycles. The quantitative estimate of drug-likeness (QED) is 0.561. The van der Waals surface area contributed by atoms with Crippen LogP contribution in [0.3, 0.4) is 0 Å². The standard InChI is InChI=1S/C26H39ClN4O3/c1-17(2)23(8-7-21-16-33-10-9-30(21)25(32)34-26(4,5)6)29-13-20(14-29)19-11-22(27)24-12-28-18(3)31(24)15-19/h11-12,15,17,20-21,23H,7-10,13-14,16H2,1-6H3/t21-,23+/m1/s1. The summed E-state index contributed by atoms with van der Waals surface area (Å²) < 4.78 is 13.5. The first-order chi connectivity index (χ1) is 16.0. The van der Waals surface area contributed by atoms with Gasteiger partial charge in [-0.1, -0.05) is 25.4 Å². The van der Waals surface area contributed by atoms with E-state index in [0.717, 1.165) is 42.3 Å². The molecule has 0 N–H and O–H groups in total. The Hall–Kier alpha value is -1.83. The number of nitrogens with zero attached hydrogens (tertiary/aromatic N) is 4. The Morgan fingerprint density at radius 1 is 1.32 bits per heavy atom. The summed E-state index contributed by atoms with van der Waals surface area (Å²) in [7, 11) is 0. The lowest BCUT2D eigenvalue weighted by Gasteiger charge is -2.47. The van der Waals surface area contributed by atoms with Crippen molar-refractivity contribution < 1.29 is 14.3 Å². The fourth-order valence-corrected chi connectivity index (χ4v) is 5.44. The molecule has 0 spiro atoms. The van der Waals surface area contributed by atoms with Crippen molar-refractivity contribution in [1.82, 2.24) is 19.2 Å². The van der Waals surface area contributed by atoms with E-state index in [9.17, 15) is 4.79 Å². The molecule has 2 aromatic rings. The summed E-state index contributed by atoms with van der Waals surface area (Å²) >= 11 is 6.54. The summed E-state index contributed by atoms with van der Waals surface area (Å²) in [5, 5.41) is 0.761. The normalized spacial score (nSPS) is 21.2.